The highest BCUT2D eigenvalue weighted by atomic mass is 35.5. The second-order valence-electron chi connectivity index (χ2n) is 3.08. The molecule has 1 aliphatic carbocycles. The molecule has 1 heterocycles. The van der Waals surface area contributed by atoms with Crippen molar-refractivity contribution in [1.82, 2.24) is 0 Å². The average Bonchev–Trinajstić information content (AvgIpc) is 2.65. The van der Waals surface area contributed by atoms with Crippen LogP contribution in [0.5, 0.6) is 5.75 Å². The lowest BCUT2D eigenvalue weighted by Crippen LogP contribution is -2.10. The van der Waals surface area contributed by atoms with Crippen LogP contribution in [0, 0.1) is 0 Å². The van der Waals surface area contributed by atoms with Crippen molar-refractivity contribution < 1.29 is 4.74 Å². The summed E-state index contributed by atoms with van der Waals surface area (Å²) in [5.74, 6) is 0.869. The van der Waals surface area contributed by atoms with Crippen LogP contribution in [0.15, 0.2) is 11.4 Å². The molecule has 0 N–H and O–H groups in total. The zero-order valence-electron chi connectivity index (χ0n) is 6.75. The fraction of sp³-hybridized carbons (Fsp3) is 0.556. The summed E-state index contributed by atoms with van der Waals surface area (Å²) in [6.45, 7) is 0. The highest BCUT2D eigenvalue weighted by Crippen LogP contribution is 2.33. The molecule has 1 aliphatic rings. The zero-order valence-corrected chi connectivity index (χ0v) is 8.33. The Kier molecular flexibility index (Phi) is 2.57. The van der Waals surface area contributed by atoms with Crippen LogP contribution in [0.1, 0.15) is 25.7 Å². The number of hydrogen-bond acceptors (Lipinski definition) is 2. The maximum absolute atomic E-state index is 5.91. The molecule has 12 heavy (non-hydrogen) atoms. The molecule has 0 atom stereocenters. The third-order valence-electron chi connectivity index (χ3n) is 2.18. The lowest BCUT2D eigenvalue weighted by atomic mass is 10.3. The molecule has 0 spiro atoms. The number of thiophene rings is 1. The second-order valence-corrected chi connectivity index (χ2v) is 4.60. The molecule has 1 aromatic heterocycles. The van der Waals surface area contributed by atoms with E-state index in [1.54, 1.807) is 0 Å². The summed E-state index contributed by atoms with van der Waals surface area (Å²) in [5.41, 5.74) is 0. The third kappa shape index (κ3) is 1.75. The van der Waals surface area contributed by atoms with E-state index in [1.165, 1.54) is 37.0 Å². The van der Waals surface area contributed by atoms with E-state index in [1.807, 2.05) is 11.4 Å². The molecule has 1 aromatic rings. The fourth-order valence-corrected chi connectivity index (χ4v) is 2.36. The normalized spacial score (nSPS) is 18.4. The third-order valence-corrected chi connectivity index (χ3v) is 3.31. The number of rotatable bonds is 2. The molecule has 0 bridgehead atoms. The van der Waals surface area contributed by atoms with Gasteiger partial charge >= 0.3 is 0 Å². The predicted molar refractivity (Wildman–Crippen MR) is 52.2 cm³/mol. The zero-order chi connectivity index (χ0) is 8.39. The van der Waals surface area contributed by atoms with Gasteiger partial charge in [0.1, 0.15) is 10.1 Å². The Morgan fingerprint density at radius 3 is 2.75 bits per heavy atom. The molecule has 2 rings (SSSR count). The summed E-state index contributed by atoms with van der Waals surface area (Å²) in [5, 5.41) is 1.96. The first kappa shape index (κ1) is 8.39. The van der Waals surface area contributed by atoms with Crippen LogP contribution in [0.4, 0.5) is 0 Å². The molecule has 0 saturated heterocycles. The lowest BCUT2D eigenvalue weighted by molar-refractivity contribution is 0.211. The van der Waals surface area contributed by atoms with Crippen LogP contribution in [-0.2, 0) is 0 Å². The summed E-state index contributed by atoms with van der Waals surface area (Å²) in [7, 11) is 0. The quantitative estimate of drug-likeness (QED) is 0.710. The average molecular weight is 203 g/mol. The Hall–Kier alpha value is -0.210. The van der Waals surface area contributed by atoms with Gasteiger partial charge in [0, 0.05) is 0 Å². The van der Waals surface area contributed by atoms with Gasteiger partial charge in [0.05, 0.1) is 6.10 Å². The fourth-order valence-electron chi connectivity index (χ4n) is 1.55. The van der Waals surface area contributed by atoms with Gasteiger partial charge in [-0.15, -0.1) is 11.3 Å². The molecular weight excluding hydrogens is 192 g/mol. The van der Waals surface area contributed by atoms with Crippen LogP contribution in [0.2, 0.25) is 4.34 Å². The SMILES string of the molecule is Clc1sccc1OC1CCCC1. The predicted octanol–water partition coefficient (Wildman–Crippen LogP) is 3.72. The van der Waals surface area contributed by atoms with Crippen LogP contribution in [-0.4, -0.2) is 6.10 Å². The number of ether oxygens (including phenoxy) is 1. The van der Waals surface area contributed by atoms with Crippen molar-refractivity contribution in [2.45, 2.75) is 31.8 Å². The van der Waals surface area contributed by atoms with Crippen LogP contribution in [0.25, 0.3) is 0 Å². The van der Waals surface area contributed by atoms with Gasteiger partial charge in [-0.05, 0) is 37.1 Å². The molecule has 66 valence electrons. The Bertz CT molecular complexity index is 253. The van der Waals surface area contributed by atoms with E-state index in [0.29, 0.717) is 6.10 Å². The van der Waals surface area contributed by atoms with E-state index in [-0.39, 0.29) is 0 Å². The van der Waals surface area contributed by atoms with Gasteiger partial charge in [-0.25, -0.2) is 0 Å². The highest BCUT2D eigenvalue weighted by molar-refractivity contribution is 7.14. The molecule has 3 heteroatoms. The monoisotopic (exact) mass is 202 g/mol. The molecule has 1 saturated carbocycles. The van der Waals surface area contributed by atoms with Gasteiger partial charge in [-0.3, -0.25) is 0 Å². The van der Waals surface area contributed by atoms with E-state index < -0.39 is 0 Å². The highest BCUT2D eigenvalue weighted by Gasteiger charge is 2.17. The number of halogens is 1. The van der Waals surface area contributed by atoms with Crippen molar-refractivity contribution in [3.8, 4) is 5.75 Å². The minimum Gasteiger partial charge on any atom is -0.488 e. The van der Waals surface area contributed by atoms with E-state index in [4.69, 9.17) is 16.3 Å². The largest absolute Gasteiger partial charge is 0.488 e. The van der Waals surface area contributed by atoms with E-state index in [2.05, 4.69) is 0 Å². The van der Waals surface area contributed by atoms with E-state index in [9.17, 15) is 0 Å². The topological polar surface area (TPSA) is 9.23 Å². The molecule has 1 fully saturated rings. The molecule has 0 aliphatic heterocycles. The van der Waals surface area contributed by atoms with Crippen molar-refractivity contribution in [3.05, 3.63) is 15.8 Å². The second kappa shape index (κ2) is 3.67. The van der Waals surface area contributed by atoms with E-state index >= 15 is 0 Å². The summed E-state index contributed by atoms with van der Waals surface area (Å²) >= 11 is 7.44. The van der Waals surface area contributed by atoms with Gasteiger partial charge in [0.25, 0.3) is 0 Å². The van der Waals surface area contributed by atoms with Crippen molar-refractivity contribution in [3.63, 3.8) is 0 Å². The Balaban J connectivity index is 1.98. The van der Waals surface area contributed by atoms with Gasteiger partial charge in [-0.2, -0.15) is 0 Å². The van der Waals surface area contributed by atoms with Crippen molar-refractivity contribution in [2.75, 3.05) is 0 Å². The number of hydrogen-bond donors (Lipinski definition) is 0. The summed E-state index contributed by atoms with van der Waals surface area (Å²) < 4.78 is 6.50. The summed E-state index contributed by atoms with van der Waals surface area (Å²) in [6.07, 6.45) is 5.38. The molecular formula is C9H11ClOS. The first-order valence-corrected chi connectivity index (χ1v) is 5.51. The molecule has 0 unspecified atom stereocenters. The lowest BCUT2D eigenvalue weighted by Gasteiger charge is -2.11. The molecule has 1 nitrogen and oxygen atoms in total. The smallest absolute Gasteiger partial charge is 0.149 e. The molecule has 0 aromatic carbocycles. The summed E-state index contributed by atoms with van der Waals surface area (Å²) in [6, 6.07) is 1.95. The first-order valence-electron chi connectivity index (χ1n) is 4.26. The van der Waals surface area contributed by atoms with E-state index in [0.717, 1.165) is 10.1 Å². The minimum atomic E-state index is 0.414. The standard InChI is InChI=1S/C9H11ClOS/c10-9-8(5-6-12-9)11-7-3-1-2-4-7/h5-7H,1-4H2. The van der Waals surface area contributed by atoms with Crippen LogP contribution < -0.4 is 4.74 Å². The minimum absolute atomic E-state index is 0.414. The Morgan fingerprint density at radius 2 is 2.17 bits per heavy atom. The van der Waals surface area contributed by atoms with Crippen molar-refractivity contribution >= 4 is 22.9 Å². The van der Waals surface area contributed by atoms with Gasteiger partial charge in [0.15, 0.2) is 0 Å². The Labute approximate surface area is 81.3 Å². The molecule has 0 radical (unpaired) electrons. The van der Waals surface area contributed by atoms with Gasteiger partial charge in [-0.1, -0.05) is 11.6 Å². The first-order chi connectivity index (χ1) is 5.86. The van der Waals surface area contributed by atoms with Gasteiger partial charge < -0.3 is 4.74 Å². The summed E-state index contributed by atoms with van der Waals surface area (Å²) in [4.78, 5) is 0. The maximum Gasteiger partial charge on any atom is 0.149 e. The maximum atomic E-state index is 5.91. The van der Waals surface area contributed by atoms with Crippen LogP contribution in [0.3, 0.4) is 0 Å². The van der Waals surface area contributed by atoms with Gasteiger partial charge in [0.2, 0.25) is 0 Å². The Morgan fingerprint density at radius 1 is 1.42 bits per heavy atom. The van der Waals surface area contributed by atoms with Crippen molar-refractivity contribution in [2.24, 2.45) is 0 Å². The molecule has 0 amide bonds. The van der Waals surface area contributed by atoms with Crippen LogP contribution >= 0.6 is 22.9 Å². The van der Waals surface area contributed by atoms with Crippen molar-refractivity contribution in [1.29, 1.82) is 0 Å².